The lowest BCUT2D eigenvalue weighted by Crippen LogP contribution is -2.55. The number of rotatable bonds is 1. The zero-order valence-electron chi connectivity index (χ0n) is 7.18. The summed E-state index contributed by atoms with van der Waals surface area (Å²) in [5.41, 5.74) is 0. The monoisotopic (exact) mass is 202 g/mol. The van der Waals surface area contributed by atoms with Gasteiger partial charge in [0.25, 0.3) is 0 Å². The average Bonchev–Trinajstić information content (AvgIpc) is 2.39. The molecule has 4 heteroatoms. The minimum atomic E-state index is -0.473. The summed E-state index contributed by atoms with van der Waals surface area (Å²) in [5, 5.41) is 9.18. The summed E-state index contributed by atoms with van der Waals surface area (Å²) in [6.45, 7) is 1.37. The van der Waals surface area contributed by atoms with Gasteiger partial charge in [-0.15, -0.1) is 11.6 Å². The number of halogens is 1. The Kier molecular flexibility index (Phi) is 2.08. The average molecular weight is 203 g/mol. The van der Waals surface area contributed by atoms with Crippen molar-refractivity contribution < 1.29 is 14.6 Å². The fraction of sp³-hybridized carbons (Fsp3) is 0.667. The van der Waals surface area contributed by atoms with E-state index in [4.69, 9.17) is 16.3 Å². The van der Waals surface area contributed by atoms with Crippen molar-refractivity contribution in [1.82, 2.24) is 0 Å². The quantitative estimate of drug-likeness (QED) is 0.387. The van der Waals surface area contributed by atoms with Gasteiger partial charge in [-0.25, -0.2) is 0 Å². The van der Waals surface area contributed by atoms with E-state index in [-0.39, 0.29) is 29.3 Å². The number of hydrogen-bond donors (Lipinski definition) is 1. The van der Waals surface area contributed by atoms with Crippen LogP contribution in [0, 0.1) is 11.8 Å². The fourth-order valence-corrected chi connectivity index (χ4v) is 2.61. The summed E-state index contributed by atoms with van der Waals surface area (Å²) in [5.74, 6) is -0.170. The Morgan fingerprint density at radius 1 is 1.54 bits per heavy atom. The van der Waals surface area contributed by atoms with E-state index in [2.05, 4.69) is 0 Å². The van der Waals surface area contributed by atoms with Gasteiger partial charge in [0.05, 0.1) is 11.5 Å². The molecule has 0 aliphatic heterocycles. The highest BCUT2D eigenvalue weighted by Crippen LogP contribution is 2.47. The largest absolute Gasteiger partial charge is 0.460 e. The van der Waals surface area contributed by atoms with Crippen LogP contribution in [0.3, 0.4) is 0 Å². The molecular weight excluding hydrogens is 192 g/mol. The Hall–Kier alpha value is -0.540. The molecule has 0 heterocycles. The van der Waals surface area contributed by atoms with Crippen molar-refractivity contribution in [3.05, 3.63) is 12.2 Å². The Bertz CT molecular complexity index is 264. The SMILES string of the molecule is CC(=O)O[C@H]1[C@@H](Cl)[C@@H]2[C@H]1C=C[C@H]2O. The molecule has 0 aromatic carbocycles. The van der Waals surface area contributed by atoms with Crippen LogP contribution in [-0.2, 0) is 9.53 Å². The zero-order valence-corrected chi connectivity index (χ0v) is 7.94. The van der Waals surface area contributed by atoms with Crippen molar-refractivity contribution in [3.8, 4) is 0 Å². The normalized spacial score (nSPS) is 46.8. The minimum Gasteiger partial charge on any atom is -0.460 e. The maximum absolute atomic E-state index is 10.7. The van der Waals surface area contributed by atoms with E-state index in [1.807, 2.05) is 6.08 Å². The van der Waals surface area contributed by atoms with Gasteiger partial charge in [0.1, 0.15) is 6.10 Å². The molecule has 1 saturated carbocycles. The zero-order chi connectivity index (χ0) is 9.59. The van der Waals surface area contributed by atoms with E-state index in [9.17, 15) is 9.90 Å². The summed E-state index contributed by atoms with van der Waals surface area (Å²) >= 11 is 5.98. The molecule has 13 heavy (non-hydrogen) atoms. The van der Waals surface area contributed by atoms with Crippen molar-refractivity contribution in [1.29, 1.82) is 0 Å². The highest BCUT2D eigenvalue weighted by Gasteiger charge is 2.55. The van der Waals surface area contributed by atoms with E-state index in [0.717, 1.165) is 0 Å². The molecule has 0 spiro atoms. The molecular formula is C9H11ClO3. The van der Waals surface area contributed by atoms with Crippen molar-refractivity contribution in [2.24, 2.45) is 11.8 Å². The first kappa shape index (κ1) is 9.03. The number of carbonyl (C=O) groups excluding carboxylic acids is 1. The van der Waals surface area contributed by atoms with Crippen LogP contribution in [0.15, 0.2) is 12.2 Å². The number of aliphatic hydroxyl groups excluding tert-OH is 1. The summed E-state index contributed by atoms with van der Waals surface area (Å²) in [6, 6.07) is 0. The third-order valence-electron chi connectivity index (χ3n) is 2.73. The number of carbonyl (C=O) groups is 1. The first-order valence-corrected chi connectivity index (χ1v) is 4.72. The second-order valence-corrected chi connectivity index (χ2v) is 4.05. The lowest BCUT2D eigenvalue weighted by atomic mass is 9.71. The molecule has 0 saturated heterocycles. The molecule has 0 unspecified atom stereocenters. The summed E-state index contributed by atoms with van der Waals surface area (Å²) in [4.78, 5) is 10.7. The molecule has 0 aromatic heterocycles. The Labute approximate surface area is 81.3 Å². The van der Waals surface area contributed by atoms with E-state index in [1.165, 1.54) is 6.92 Å². The van der Waals surface area contributed by atoms with Gasteiger partial charge in [0.15, 0.2) is 0 Å². The lowest BCUT2D eigenvalue weighted by molar-refractivity contribution is -0.158. The minimum absolute atomic E-state index is 0.0333. The van der Waals surface area contributed by atoms with Crippen LogP contribution in [0.2, 0.25) is 0 Å². The van der Waals surface area contributed by atoms with Gasteiger partial charge in [-0.05, 0) is 0 Å². The number of alkyl halides is 1. The van der Waals surface area contributed by atoms with Gasteiger partial charge >= 0.3 is 5.97 Å². The highest BCUT2D eigenvalue weighted by molar-refractivity contribution is 6.22. The predicted molar refractivity (Wildman–Crippen MR) is 47.3 cm³/mol. The van der Waals surface area contributed by atoms with Gasteiger partial charge in [-0.3, -0.25) is 4.79 Å². The lowest BCUT2D eigenvalue weighted by Gasteiger charge is -2.45. The van der Waals surface area contributed by atoms with Gasteiger partial charge in [-0.1, -0.05) is 12.2 Å². The molecule has 3 nitrogen and oxygen atoms in total. The van der Waals surface area contributed by atoms with Crippen LogP contribution in [0.25, 0.3) is 0 Å². The maximum atomic E-state index is 10.7. The summed E-state index contributed by atoms with van der Waals surface area (Å²) in [6.07, 6.45) is 2.87. The summed E-state index contributed by atoms with van der Waals surface area (Å²) < 4.78 is 5.03. The highest BCUT2D eigenvalue weighted by atomic mass is 35.5. The van der Waals surface area contributed by atoms with Crippen LogP contribution >= 0.6 is 11.6 Å². The van der Waals surface area contributed by atoms with Crippen LogP contribution < -0.4 is 0 Å². The van der Waals surface area contributed by atoms with Crippen LogP contribution in [0.5, 0.6) is 0 Å². The molecule has 5 atom stereocenters. The molecule has 0 amide bonds. The van der Waals surface area contributed by atoms with Gasteiger partial charge in [0, 0.05) is 18.8 Å². The second-order valence-electron chi connectivity index (χ2n) is 3.55. The number of fused-ring (bicyclic) bond motifs is 1. The van der Waals surface area contributed by atoms with E-state index in [0.29, 0.717) is 0 Å². The third-order valence-corrected chi connectivity index (χ3v) is 3.27. The molecule has 72 valence electrons. The van der Waals surface area contributed by atoms with E-state index in [1.54, 1.807) is 6.08 Å². The number of esters is 1. The third kappa shape index (κ3) is 1.27. The predicted octanol–water partition coefficient (Wildman–Crippen LogP) is 0.702. The molecule has 0 radical (unpaired) electrons. The van der Waals surface area contributed by atoms with Gasteiger partial charge in [-0.2, -0.15) is 0 Å². The smallest absolute Gasteiger partial charge is 0.302 e. The Morgan fingerprint density at radius 2 is 2.23 bits per heavy atom. The molecule has 0 bridgehead atoms. The fourth-order valence-electron chi connectivity index (χ4n) is 2.08. The second kappa shape index (κ2) is 3.00. The molecule has 2 rings (SSSR count). The van der Waals surface area contributed by atoms with Crippen LogP contribution in [-0.4, -0.2) is 28.7 Å². The standard InChI is InChI=1S/C9H11ClO3/c1-4(11)13-9-5-2-3-6(12)7(5)8(9)10/h2-3,5-9,12H,1H3/t5-,6-,7-,8+,9-/m1/s1. The molecule has 2 aliphatic rings. The van der Waals surface area contributed by atoms with Gasteiger partial charge < -0.3 is 9.84 Å². The van der Waals surface area contributed by atoms with Crippen molar-refractivity contribution in [2.75, 3.05) is 0 Å². The topological polar surface area (TPSA) is 46.5 Å². The van der Waals surface area contributed by atoms with Crippen LogP contribution in [0.4, 0.5) is 0 Å². The molecule has 0 aromatic rings. The number of ether oxygens (including phenoxy) is 1. The molecule has 1 N–H and O–H groups in total. The van der Waals surface area contributed by atoms with Crippen molar-refractivity contribution in [3.63, 3.8) is 0 Å². The number of hydrogen-bond acceptors (Lipinski definition) is 3. The van der Waals surface area contributed by atoms with Crippen molar-refractivity contribution in [2.45, 2.75) is 24.5 Å². The Balaban J connectivity index is 2.02. The van der Waals surface area contributed by atoms with Crippen molar-refractivity contribution >= 4 is 17.6 Å². The molecule has 2 aliphatic carbocycles. The van der Waals surface area contributed by atoms with Gasteiger partial charge in [0.2, 0.25) is 0 Å². The van der Waals surface area contributed by atoms with Crippen LogP contribution in [0.1, 0.15) is 6.92 Å². The van der Waals surface area contributed by atoms with E-state index >= 15 is 0 Å². The summed E-state index contributed by atoms with van der Waals surface area (Å²) in [7, 11) is 0. The first-order valence-electron chi connectivity index (χ1n) is 4.29. The Morgan fingerprint density at radius 3 is 2.85 bits per heavy atom. The number of aliphatic hydroxyl groups is 1. The maximum Gasteiger partial charge on any atom is 0.302 e. The van der Waals surface area contributed by atoms with E-state index < -0.39 is 6.10 Å². The molecule has 1 fully saturated rings. The first-order chi connectivity index (χ1) is 6.11.